The summed E-state index contributed by atoms with van der Waals surface area (Å²) < 4.78 is 5.24. The van der Waals surface area contributed by atoms with Crippen LogP contribution in [0.4, 0.5) is 0 Å². The number of carbonyl (C=O) groups is 2. The topological polar surface area (TPSA) is 63.6 Å². The third kappa shape index (κ3) is 2.45. The van der Waals surface area contributed by atoms with Crippen molar-refractivity contribution in [3.8, 4) is 0 Å². The summed E-state index contributed by atoms with van der Waals surface area (Å²) in [6.45, 7) is 0.124. The number of hydrogen-bond acceptors (Lipinski definition) is 4. The Morgan fingerprint density at radius 2 is 1.71 bits per heavy atom. The zero-order valence-corrected chi connectivity index (χ0v) is 11.2. The molecule has 0 aliphatic heterocycles. The van der Waals surface area contributed by atoms with Crippen LogP contribution in [0.3, 0.4) is 0 Å². The van der Waals surface area contributed by atoms with E-state index in [4.69, 9.17) is 4.74 Å². The predicted octanol–water partition coefficient (Wildman–Crippen LogP) is 2.07. The van der Waals surface area contributed by atoms with Gasteiger partial charge in [0.05, 0.1) is 0 Å². The van der Waals surface area contributed by atoms with E-state index in [1.807, 2.05) is 30.3 Å². The molecule has 1 aliphatic carbocycles. The highest BCUT2D eigenvalue weighted by Crippen LogP contribution is 2.34. The Hall–Kier alpha value is -2.46. The molecule has 3 rings (SSSR count). The van der Waals surface area contributed by atoms with Crippen LogP contribution < -0.4 is 0 Å². The van der Waals surface area contributed by atoms with Gasteiger partial charge in [-0.25, -0.2) is 0 Å². The van der Waals surface area contributed by atoms with Gasteiger partial charge in [-0.15, -0.1) is 0 Å². The maximum atomic E-state index is 12.2. The lowest BCUT2D eigenvalue weighted by Gasteiger charge is -2.14. The molecule has 4 nitrogen and oxygen atoms in total. The molecule has 0 saturated heterocycles. The molecular weight excluding hydrogens is 268 g/mol. The fraction of sp³-hybridized carbons (Fsp3) is 0.176. The number of rotatable bonds is 3. The van der Waals surface area contributed by atoms with E-state index in [2.05, 4.69) is 0 Å². The molecule has 0 amide bonds. The fourth-order valence-corrected chi connectivity index (χ4v) is 2.55. The normalized spacial score (nSPS) is 20.1. The quantitative estimate of drug-likeness (QED) is 0.875. The van der Waals surface area contributed by atoms with Crippen molar-refractivity contribution < 1.29 is 19.4 Å². The highest BCUT2D eigenvalue weighted by Gasteiger charge is 2.43. The van der Waals surface area contributed by atoms with Crippen molar-refractivity contribution in [2.75, 3.05) is 0 Å². The number of ketones is 1. The summed E-state index contributed by atoms with van der Waals surface area (Å²) in [5.74, 6) is -1.94. The number of fused-ring (bicyclic) bond motifs is 1. The van der Waals surface area contributed by atoms with Crippen LogP contribution in [0.15, 0.2) is 54.6 Å². The molecule has 2 aromatic carbocycles. The van der Waals surface area contributed by atoms with E-state index >= 15 is 0 Å². The third-order valence-electron chi connectivity index (χ3n) is 3.62. The van der Waals surface area contributed by atoms with Crippen LogP contribution >= 0.6 is 0 Å². The molecule has 0 radical (unpaired) electrons. The van der Waals surface area contributed by atoms with E-state index in [9.17, 15) is 14.7 Å². The monoisotopic (exact) mass is 282 g/mol. The van der Waals surface area contributed by atoms with Gasteiger partial charge in [0.1, 0.15) is 18.6 Å². The van der Waals surface area contributed by atoms with E-state index in [0.717, 1.165) is 5.56 Å². The first-order chi connectivity index (χ1) is 10.2. The zero-order valence-electron chi connectivity index (χ0n) is 11.2. The summed E-state index contributed by atoms with van der Waals surface area (Å²) in [7, 11) is 0. The summed E-state index contributed by atoms with van der Waals surface area (Å²) in [5, 5.41) is 10.00. The van der Waals surface area contributed by atoms with Crippen LogP contribution in [0.25, 0.3) is 0 Å². The average molecular weight is 282 g/mol. The molecule has 2 aromatic rings. The first kappa shape index (κ1) is 13.5. The Bertz CT molecular complexity index is 678. The number of benzene rings is 2. The minimum Gasteiger partial charge on any atom is -0.460 e. The second kappa shape index (κ2) is 5.50. The molecule has 0 spiro atoms. The Morgan fingerprint density at radius 3 is 2.48 bits per heavy atom. The molecule has 1 N–H and O–H groups in total. The molecule has 21 heavy (non-hydrogen) atoms. The van der Waals surface area contributed by atoms with E-state index in [1.54, 1.807) is 24.3 Å². The van der Waals surface area contributed by atoms with Gasteiger partial charge >= 0.3 is 5.97 Å². The molecule has 0 fully saturated rings. The third-order valence-corrected chi connectivity index (χ3v) is 3.62. The standard InChI is InChI=1S/C17H14O4/c18-15-13-9-5-4-8-12(13)14(16(15)19)17(20)21-10-11-6-2-1-3-7-11/h1-9,14,16,19H,10H2. The highest BCUT2D eigenvalue weighted by molar-refractivity contribution is 6.09. The second-order valence-electron chi connectivity index (χ2n) is 4.97. The largest absolute Gasteiger partial charge is 0.460 e. The Morgan fingerprint density at radius 1 is 1.05 bits per heavy atom. The Balaban J connectivity index is 1.77. The van der Waals surface area contributed by atoms with Crippen molar-refractivity contribution in [1.82, 2.24) is 0 Å². The van der Waals surface area contributed by atoms with Gasteiger partial charge < -0.3 is 9.84 Å². The number of hydrogen-bond donors (Lipinski definition) is 1. The molecule has 0 aromatic heterocycles. The van der Waals surface area contributed by atoms with Crippen molar-refractivity contribution in [3.63, 3.8) is 0 Å². The van der Waals surface area contributed by atoms with Gasteiger partial charge in [-0.1, -0.05) is 54.6 Å². The van der Waals surface area contributed by atoms with Crippen molar-refractivity contribution in [2.45, 2.75) is 18.6 Å². The van der Waals surface area contributed by atoms with Gasteiger partial charge in [-0.05, 0) is 11.1 Å². The number of ether oxygens (including phenoxy) is 1. The number of Topliss-reactive ketones (excluding diaryl/α,β-unsaturated/α-hetero) is 1. The van der Waals surface area contributed by atoms with Crippen LogP contribution in [0.1, 0.15) is 27.4 Å². The van der Waals surface area contributed by atoms with Crippen molar-refractivity contribution in [3.05, 3.63) is 71.3 Å². The number of esters is 1. The van der Waals surface area contributed by atoms with Gasteiger partial charge in [-0.3, -0.25) is 9.59 Å². The number of carbonyl (C=O) groups excluding carboxylic acids is 2. The maximum absolute atomic E-state index is 12.2. The fourth-order valence-electron chi connectivity index (χ4n) is 2.55. The van der Waals surface area contributed by atoms with E-state index in [-0.39, 0.29) is 6.61 Å². The smallest absolute Gasteiger partial charge is 0.316 e. The predicted molar refractivity (Wildman–Crippen MR) is 75.8 cm³/mol. The highest BCUT2D eigenvalue weighted by atomic mass is 16.5. The van der Waals surface area contributed by atoms with Crippen LogP contribution in [0.5, 0.6) is 0 Å². The lowest BCUT2D eigenvalue weighted by atomic mass is 10.0. The van der Waals surface area contributed by atoms with Crippen LogP contribution in [-0.2, 0) is 16.1 Å². The lowest BCUT2D eigenvalue weighted by molar-refractivity contribution is -0.148. The molecule has 2 unspecified atom stereocenters. The van der Waals surface area contributed by atoms with Gasteiger partial charge in [0, 0.05) is 5.56 Å². The maximum Gasteiger partial charge on any atom is 0.316 e. The minimum atomic E-state index is -1.36. The summed E-state index contributed by atoms with van der Waals surface area (Å²) in [6.07, 6.45) is -1.36. The molecule has 4 heteroatoms. The van der Waals surface area contributed by atoms with Crippen molar-refractivity contribution in [1.29, 1.82) is 0 Å². The van der Waals surface area contributed by atoms with Crippen LogP contribution in [0.2, 0.25) is 0 Å². The van der Waals surface area contributed by atoms with E-state index in [1.165, 1.54) is 0 Å². The molecule has 2 atom stereocenters. The number of aliphatic hydroxyl groups is 1. The van der Waals surface area contributed by atoms with Gasteiger partial charge in [0.15, 0.2) is 5.78 Å². The molecule has 0 saturated carbocycles. The van der Waals surface area contributed by atoms with Gasteiger partial charge in [0.2, 0.25) is 0 Å². The Labute approximate surface area is 122 Å². The second-order valence-corrected chi connectivity index (χ2v) is 4.97. The lowest BCUT2D eigenvalue weighted by Crippen LogP contribution is -2.27. The van der Waals surface area contributed by atoms with Crippen LogP contribution in [0, 0.1) is 0 Å². The van der Waals surface area contributed by atoms with Crippen LogP contribution in [-0.4, -0.2) is 23.0 Å². The van der Waals surface area contributed by atoms with E-state index < -0.39 is 23.8 Å². The number of aliphatic hydroxyl groups excluding tert-OH is 1. The molecular formula is C17H14O4. The molecule has 106 valence electrons. The van der Waals surface area contributed by atoms with Crippen molar-refractivity contribution in [2.24, 2.45) is 0 Å². The summed E-state index contributed by atoms with van der Waals surface area (Å²) in [5.41, 5.74) is 1.79. The Kier molecular flexibility index (Phi) is 3.54. The summed E-state index contributed by atoms with van der Waals surface area (Å²) >= 11 is 0. The van der Waals surface area contributed by atoms with Gasteiger partial charge in [0.25, 0.3) is 0 Å². The minimum absolute atomic E-state index is 0.124. The molecule has 0 bridgehead atoms. The summed E-state index contributed by atoms with van der Waals surface area (Å²) in [6, 6.07) is 16.0. The van der Waals surface area contributed by atoms with Crippen molar-refractivity contribution >= 4 is 11.8 Å². The zero-order chi connectivity index (χ0) is 14.8. The molecule has 0 heterocycles. The SMILES string of the molecule is O=C1c2ccccc2C(C(=O)OCc2ccccc2)C1O. The van der Waals surface area contributed by atoms with E-state index in [0.29, 0.717) is 11.1 Å². The van der Waals surface area contributed by atoms with Gasteiger partial charge in [-0.2, -0.15) is 0 Å². The molecule has 1 aliphatic rings. The summed E-state index contributed by atoms with van der Waals surface area (Å²) in [4.78, 5) is 24.1. The first-order valence-corrected chi connectivity index (χ1v) is 6.70. The first-order valence-electron chi connectivity index (χ1n) is 6.70. The average Bonchev–Trinajstić information content (AvgIpc) is 2.78.